The van der Waals surface area contributed by atoms with E-state index >= 15 is 0 Å². The van der Waals surface area contributed by atoms with E-state index in [-0.39, 0.29) is 0 Å². The van der Waals surface area contributed by atoms with E-state index in [1.165, 1.54) is 24.9 Å². The monoisotopic (exact) mass is 270 g/mol. The zero-order chi connectivity index (χ0) is 13.9. The average Bonchev–Trinajstić information content (AvgIpc) is 2.71. The van der Waals surface area contributed by atoms with Crippen LogP contribution in [-0.2, 0) is 0 Å². The predicted molar refractivity (Wildman–Crippen MR) is 89.4 cm³/mol. The Morgan fingerprint density at radius 3 is 2.37 bits per heavy atom. The van der Waals surface area contributed by atoms with Crippen molar-refractivity contribution >= 4 is 18.8 Å². The highest BCUT2D eigenvalue weighted by atomic mass is 28.3. The molecular formula is C18H26Si. The topological polar surface area (TPSA) is 0 Å². The molecule has 1 heteroatoms. The van der Waals surface area contributed by atoms with Crippen molar-refractivity contribution in [2.24, 2.45) is 0 Å². The van der Waals surface area contributed by atoms with Crippen molar-refractivity contribution in [1.29, 1.82) is 0 Å². The van der Waals surface area contributed by atoms with Crippen molar-refractivity contribution in [2.45, 2.75) is 52.1 Å². The van der Waals surface area contributed by atoms with Gasteiger partial charge in [0.2, 0.25) is 0 Å². The summed E-state index contributed by atoms with van der Waals surface area (Å²) in [5, 5.41) is 3.52. The molecule has 0 fully saturated rings. The van der Waals surface area contributed by atoms with Crippen LogP contribution in [0.2, 0.25) is 12.1 Å². The lowest BCUT2D eigenvalue weighted by Gasteiger charge is -2.29. The molecule has 0 aliphatic carbocycles. The highest BCUT2D eigenvalue weighted by Crippen LogP contribution is 2.41. The van der Waals surface area contributed by atoms with Crippen molar-refractivity contribution in [2.75, 3.05) is 0 Å². The smallest absolute Gasteiger partial charge is 0.103 e. The molecule has 1 aromatic carbocycles. The third-order valence-corrected chi connectivity index (χ3v) is 10.4. The van der Waals surface area contributed by atoms with Crippen molar-refractivity contribution < 1.29 is 0 Å². The van der Waals surface area contributed by atoms with Crippen molar-refractivity contribution in [3.8, 4) is 0 Å². The standard InChI is InChI=1S/C18H26Si/c1-5-11-15-16-13-9-10-14-18(16)19(7-3,8-4)17(15)12-6-2/h5,9-10,13-14H,1,6-8,11-12H2,2-4H3. The van der Waals surface area contributed by atoms with Crippen LogP contribution in [0.1, 0.15) is 45.6 Å². The van der Waals surface area contributed by atoms with Gasteiger partial charge in [-0.2, -0.15) is 0 Å². The van der Waals surface area contributed by atoms with E-state index in [1.54, 1.807) is 16.3 Å². The quantitative estimate of drug-likeness (QED) is 0.500. The van der Waals surface area contributed by atoms with Gasteiger partial charge in [-0.3, -0.25) is 0 Å². The third-order valence-electron chi connectivity index (χ3n) is 4.77. The van der Waals surface area contributed by atoms with Gasteiger partial charge in [-0.25, -0.2) is 0 Å². The summed E-state index contributed by atoms with van der Waals surface area (Å²) in [5.74, 6) is 0. The summed E-state index contributed by atoms with van der Waals surface area (Å²) >= 11 is 0. The van der Waals surface area contributed by atoms with Crippen LogP contribution in [0.25, 0.3) is 5.57 Å². The van der Waals surface area contributed by atoms with E-state index in [1.807, 2.05) is 5.20 Å². The SMILES string of the molecule is C=CCC1=C(CCC)[Si](CC)(CC)c2ccccc21. The van der Waals surface area contributed by atoms with Gasteiger partial charge >= 0.3 is 0 Å². The molecule has 0 amide bonds. The molecule has 1 heterocycles. The number of benzene rings is 1. The Balaban J connectivity index is 2.67. The minimum Gasteiger partial charge on any atom is -0.103 e. The fourth-order valence-electron chi connectivity index (χ4n) is 3.85. The lowest BCUT2D eigenvalue weighted by atomic mass is 10.0. The second-order valence-electron chi connectivity index (χ2n) is 5.53. The lowest BCUT2D eigenvalue weighted by molar-refractivity contribution is 0.932. The van der Waals surface area contributed by atoms with E-state index in [0.717, 1.165) is 6.42 Å². The molecule has 0 radical (unpaired) electrons. The molecule has 0 saturated heterocycles. The van der Waals surface area contributed by atoms with Crippen molar-refractivity contribution in [3.63, 3.8) is 0 Å². The number of fused-ring (bicyclic) bond motifs is 1. The summed E-state index contributed by atoms with van der Waals surface area (Å²) < 4.78 is 0. The van der Waals surface area contributed by atoms with E-state index in [2.05, 4.69) is 57.7 Å². The summed E-state index contributed by atoms with van der Waals surface area (Å²) in [4.78, 5) is 0. The molecular weight excluding hydrogens is 244 g/mol. The van der Waals surface area contributed by atoms with Gasteiger partial charge in [-0.1, -0.05) is 74.8 Å². The number of allylic oxidation sites excluding steroid dienone is 3. The van der Waals surface area contributed by atoms with Gasteiger partial charge in [0.25, 0.3) is 0 Å². The van der Waals surface area contributed by atoms with Gasteiger partial charge in [0.05, 0.1) is 0 Å². The normalized spacial score (nSPS) is 16.6. The molecule has 2 rings (SSSR count). The minimum absolute atomic E-state index is 1.04. The molecule has 1 aliphatic heterocycles. The minimum atomic E-state index is -1.42. The van der Waals surface area contributed by atoms with E-state index in [4.69, 9.17) is 0 Å². The molecule has 0 bridgehead atoms. The summed E-state index contributed by atoms with van der Waals surface area (Å²) in [6, 6.07) is 11.9. The van der Waals surface area contributed by atoms with Crippen LogP contribution in [-0.4, -0.2) is 8.07 Å². The molecule has 1 aliphatic rings. The highest BCUT2D eigenvalue weighted by Gasteiger charge is 2.42. The van der Waals surface area contributed by atoms with Crippen molar-refractivity contribution in [3.05, 3.63) is 47.7 Å². The number of rotatable bonds is 6. The summed E-state index contributed by atoms with van der Waals surface area (Å²) in [6.45, 7) is 11.1. The second-order valence-corrected chi connectivity index (χ2v) is 10.3. The van der Waals surface area contributed by atoms with E-state index < -0.39 is 8.07 Å². The molecule has 0 unspecified atom stereocenters. The van der Waals surface area contributed by atoms with Crippen LogP contribution < -0.4 is 5.19 Å². The molecule has 0 atom stereocenters. The first-order chi connectivity index (χ1) is 9.25. The summed E-state index contributed by atoms with van der Waals surface area (Å²) in [6.07, 6.45) is 5.67. The molecule has 19 heavy (non-hydrogen) atoms. The first kappa shape index (κ1) is 14.3. The Morgan fingerprint density at radius 1 is 1.11 bits per heavy atom. The zero-order valence-corrected chi connectivity index (χ0v) is 13.6. The Kier molecular flexibility index (Phi) is 4.46. The van der Waals surface area contributed by atoms with Crippen LogP contribution in [0.4, 0.5) is 0 Å². The fourth-order valence-corrected chi connectivity index (χ4v) is 9.00. The number of hydrogen-bond acceptors (Lipinski definition) is 0. The van der Waals surface area contributed by atoms with E-state index in [9.17, 15) is 0 Å². The summed E-state index contributed by atoms with van der Waals surface area (Å²) in [7, 11) is -1.42. The Morgan fingerprint density at radius 2 is 1.79 bits per heavy atom. The first-order valence-corrected chi connectivity index (χ1v) is 10.1. The van der Waals surface area contributed by atoms with Gasteiger partial charge in [-0.05, 0) is 29.2 Å². The van der Waals surface area contributed by atoms with Crippen molar-refractivity contribution in [1.82, 2.24) is 0 Å². The van der Waals surface area contributed by atoms with Gasteiger partial charge in [0, 0.05) is 0 Å². The average molecular weight is 270 g/mol. The maximum Gasteiger partial charge on any atom is 0.114 e. The van der Waals surface area contributed by atoms with Crippen LogP contribution in [0.5, 0.6) is 0 Å². The largest absolute Gasteiger partial charge is 0.114 e. The van der Waals surface area contributed by atoms with Crippen LogP contribution in [0.3, 0.4) is 0 Å². The maximum atomic E-state index is 3.97. The Labute approximate surface area is 119 Å². The van der Waals surface area contributed by atoms with Crippen LogP contribution in [0.15, 0.2) is 42.1 Å². The lowest BCUT2D eigenvalue weighted by Crippen LogP contribution is -2.46. The Bertz CT molecular complexity index is 492. The van der Waals surface area contributed by atoms with Crippen LogP contribution >= 0.6 is 0 Å². The molecule has 0 aromatic heterocycles. The fraction of sp³-hybridized carbons (Fsp3) is 0.444. The maximum absolute atomic E-state index is 3.97. The molecule has 102 valence electrons. The first-order valence-electron chi connectivity index (χ1n) is 7.68. The van der Waals surface area contributed by atoms with Crippen LogP contribution in [0, 0.1) is 0 Å². The van der Waals surface area contributed by atoms with Gasteiger partial charge < -0.3 is 0 Å². The molecule has 1 aromatic rings. The highest BCUT2D eigenvalue weighted by molar-refractivity contribution is 7.00. The molecule has 0 N–H and O–H groups in total. The molecule has 0 nitrogen and oxygen atoms in total. The second kappa shape index (κ2) is 5.92. The molecule has 0 spiro atoms. The van der Waals surface area contributed by atoms with Gasteiger partial charge in [-0.15, -0.1) is 6.58 Å². The number of hydrogen-bond donors (Lipinski definition) is 0. The predicted octanol–water partition coefficient (Wildman–Crippen LogP) is 5.06. The van der Waals surface area contributed by atoms with Gasteiger partial charge in [0.1, 0.15) is 8.07 Å². The Hall–Kier alpha value is -1.08. The third kappa shape index (κ3) is 2.14. The van der Waals surface area contributed by atoms with E-state index in [0.29, 0.717) is 0 Å². The zero-order valence-electron chi connectivity index (χ0n) is 12.6. The van der Waals surface area contributed by atoms with Gasteiger partial charge in [0.15, 0.2) is 0 Å². The molecule has 0 saturated carbocycles. The summed E-state index contributed by atoms with van der Waals surface area (Å²) in [5.41, 5.74) is 3.16.